The first-order chi connectivity index (χ1) is 10.5. The summed E-state index contributed by atoms with van der Waals surface area (Å²) in [7, 11) is -1.48. The number of aromatic nitrogens is 2. The molecule has 0 unspecified atom stereocenters. The molecule has 2 rings (SSSR count). The van der Waals surface area contributed by atoms with Crippen LogP contribution in [0.2, 0.25) is 13.1 Å². The molecule has 23 heavy (non-hydrogen) atoms. The predicted octanol–water partition coefficient (Wildman–Crippen LogP) is 1.29. The fourth-order valence-electron chi connectivity index (χ4n) is 2.56. The molecule has 1 aliphatic rings. The molecule has 1 N–H and O–H groups in total. The van der Waals surface area contributed by atoms with Crippen molar-refractivity contribution >= 4 is 8.80 Å². The average molecular weight is 338 g/mol. The molecule has 0 bridgehead atoms. The third kappa shape index (κ3) is 3.73. The van der Waals surface area contributed by atoms with Crippen LogP contribution in [0.3, 0.4) is 0 Å². The molecule has 1 aromatic heterocycles. The van der Waals surface area contributed by atoms with Gasteiger partial charge in [-0.3, -0.25) is 14.3 Å². The Morgan fingerprint density at radius 3 is 2.61 bits per heavy atom. The van der Waals surface area contributed by atoms with Crippen LogP contribution >= 0.6 is 0 Å². The number of hydrogen-bond donors (Lipinski definition) is 1. The molecule has 0 saturated carbocycles. The van der Waals surface area contributed by atoms with Gasteiger partial charge in [0.05, 0.1) is 12.2 Å². The van der Waals surface area contributed by atoms with E-state index in [1.165, 1.54) is 4.57 Å². The van der Waals surface area contributed by atoms with E-state index in [0.717, 1.165) is 0 Å². The van der Waals surface area contributed by atoms with Crippen molar-refractivity contribution in [2.75, 3.05) is 6.61 Å². The lowest BCUT2D eigenvalue weighted by atomic mass is 10.2. The van der Waals surface area contributed by atoms with E-state index in [9.17, 15) is 9.59 Å². The average Bonchev–Trinajstić information content (AvgIpc) is 2.85. The van der Waals surface area contributed by atoms with Crippen LogP contribution in [-0.4, -0.2) is 36.7 Å². The van der Waals surface area contributed by atoms with Crippen LogP contribution in [0.25, 0.3) is 0 Å². The van der Waals surface area contributed by atoms with Gasteiger partial charge in [0, 0.05) is 11.8 Å². The lowest BCUT2D eigenvalue weighted by molar-refractivity contribution is -0.0919. The number of nitrogens with zero attached hydrogens (tertiary/aromatic N) is 1. The Morgan fingerprint density at radius 1 is 1.39 bits per heavy atom. The van der Waals surface area contributed by atoms with E-state index < -0.39 is 19.8 Å². The van der Waals surface area contributed by atoms with Crippen molar-refractivity contribution < 1.29 is 9.47 Å². The second-order valence-corrected chi connectivity index (χ2v) is 10.4. The Hall–Kier alpha value is -1.44. The van der Waals surface area contributed by atoms with Crippen molar-refractivity contribution in [3.05, 3.63) is 44.8 Å². The van der Waals surface area contributed by atoms with Crippen LogP contribution < -0.4 is 11.2 Å². The van der Waals surface area contributed by atoms with Crippen molar-refractivity contribution in [1.29, 1.82) is 0 Å². The monoisotopic (exact) mass is 338 g/mol. The largest absolute Gasteiger partial charge is 0.373 e. The van der Waals surface area contributed by atoms with Gasteiger partial charge in [-0.1, -0.05) is 19.2 Å². The molecule has 1 aromatic rings. The number of aromatic amines is 1. The molecule has 7 heteroatoms. The first-order valence-electron chi connectivity index (χ1n) is 7.89. The van der Waals surface area contributed by atoms with Crippen LogP contribution in [0.15, 0.2) is 27.9 Å². The SMILES string of the molecule is Cc1cn([C@@]2([SiH](C)C)C=C[C@@H](COC(C)(C)C)O2)c(=O)[nH]c1=O. The molecule has 0 radical (unpaired) electrons. The quantitative estimate of drug-likeness (QED) is 0.663. The number of rotatable bonds is 4. The standard InChI is InChI=1S/C16H26N2O4Si/c1-11-9-18(14(20)17-13(11)19)16(23(5)6)8-7-12(22-16)10-21-15(2,3)4/h7-9,12,23H,10H2,1-6H3,(H,17,19,20)/t12-,16-/m0/s1. The highest BCUT2D eigenvalue weighted by molar-refractivity contribution is 6.58. The smallest absolute Gasteiger partial charge is 0.330 e. The van der Waals surface area contributed by atoms with E-state index in [2.05, 4.69) is 18.1 Å². The van der Waals surface area contributed by atoms with Gasteiger partial charge in [0.1, 0.15) is 20.2 Å². The lowest BCUT2D eigenvalue weighted by Gasteiger charge is -2.34. The summed E-state index contributed by atoms with van der Waals surface area (Å²) in [5, 5.41) is -0.780. The minimum absolute atomic E-state index is 0.205. The summed E-state index contributed by atoms with van der Waals surface area (Å²) in [5.41, 5.74) is -0.557. The zero-order valence-corrected chi connectivity index (χ0v) is 15.8. The van der Waals surface area contributed by atoms with Crippen LogP contribution in [0.5, 0.6) is 0 Å². The summed E-state index contributed by atoms with van der Waals surface area (Å²) in [6.07, 6.45) is 5.28. The maximum Gasteiger partial charge on any atom is 0.330 e. The van der Waals surface area contributed by atoms with Crippen LogP contribution in [0.1, 0.15) is 26.3 Å². The highest BCUT2D eigenvalue weighted by Crippen LogP contribution is 2.31. The minimum atomic E-state index is -1.48. The molecule has 0 amide bonds. The highest BCUT2D eigenvalue weighted by atomic mass is 28.3. The van der Waals surface area contributed by atoms with Gasteiger partial charge in [-0.2, -0.15) is 0 Å². The fraction of sp³-hybridized carbons (Fsp3) is 0.625. The summed E-state index contributed by atoms with van der Waals surface area (Å²) in [4.78, 5) is 26.3. The van der Waals surface area contributed by atoms with Crippen molar-refractivity contribution in [3.8, 4) is 0 Å². The Bertz CT molecular complexity index is 714. The first kappa shape index (κ1) is 17.9. The Morgan fingerprint density at radius 2 is 2.04 bits per heavy atom. The topological polar surface area (TPSA) is 73.3 Å². The molecule has 0 saturated heterocycles. The maximum absolute atomic E-state index is 12.3. The minimum Gasteiger partial charge on any atom is -0.373 e. The molecule has 1 aliphatic heterocycles. The molecule has 6 nitrogen and oxygen atoms in total. The summed E-state index contributed by atoms with van der Waals surface area (Å²) < 4.78 is 13.5. The van der Waals surface area contributed by atoms with Gasteiger partial charge in [-0.05, 0) is 33.8 Å². The van der Waals surface area contributed by atoms with Crippen LogP contribution in [0, 0.1) is 6.92 Å². The second-order valence-electron chi connectivity index (χ2n) is 7.29. The normalized spacial score (nSPS) is 24.6. The second kappa shape index (κ2) is 6.22. The molecule has 2 heterocycles. The molecular formula is C16H26N2O4Si. The van der Waals surface area contributed by atoms with E-state index in [0.29, 0.717) is 12.2 Å². The first-order valence-corrected chi connectivity index (χ1v) is 10.8. The third-order valence-electron chi connectivity index (χ3n) is 3.89. The predicted molar refractivity (Wildman–Crippen MR) is 92.6 cm³/mol. The molecule has 128 valence electrons. The van der Waals surface area contributed by atoms with E-state index in [1.54, 1.807) is 13.1 Å². The number of aryl methyl sites for hydroxylation is 1. The summed E-state index contributed by atoms with van der Waals surface area (Å²) >= 11 is 0. The van der Waals surface area contributed by atoms with Gasteiger partial charge in [0.2, 0.25) is 0 Å². The summed E-state index contributed by atoms with van der Waals surface area (Å²) in [5.74, 6) is 0. The Kier molecular flexibility index (Phi) is 4.84. The van der Waals surface area contributed by atoms with Crippen molar-refractivity contribution in [1.82, 2.24) is 9.55 Å². The molecule has 0 fully saturated rings. The molecule has 0 aromatic carbocycles. The molecular weight excluding hydrogens is 312 g/mol. The number of H-pyrrole nitrogens is 1. The van der Waals surface area contributed by atoms with E-state index in [1.807, 2.05) is 32.9 Å². The van der Waals surface area contributed by atoms with Gasteiger partial charge in [0.15, 0.2) is 0 Å². The number of ether oxygens (including phenoxy) is 2. The highest BCUT2D eigenvalue weighted by Gasteiger charge is 2.42. The van der Waals surface area contributed by atoms with Gasteiger partial charge in [0.25, 0.3) is 5.56 Å². The Labute approximate surface area is 137 Å². The summed E-state index contributed by atoms with van der Waals surface area (Å²) in [6.45, 7) is 12.3. The van der Waals surface area contributed by atoms with Gasteiger partial charge >= 0.3 is 5.69 Å². The fourth-order valence-corrected chi connectivity index (χ4v) is 4.25. The van der Waals surface area contributed by atoms with Crippen molar-refractivity contribution in [3.63, 3.8) is 0 Å². The number of nitrogens with one attached hydrogen (secondary N) is 1. The lowest BCUT2D eigenvalue weighted by Crippen LogP contribution is -2.52. The summed E-state index contributed by atoms with van der Waals surface area (Å²) in [6, 6.07) is 0. The van der Waals surface area contributed by atoms with E-state index in [4.69, 9.17) is 9.47 Å². The molecule has 0 spiro atoms. The van der Waals surface area contributed by atoms with Gasteiger partial charge in [-0.15, -0.1) is 0 Å². The van der Waals surface area contributed by atoms with Crippen LogP contribution in [-0.2, 0) is 14.8 Å². The van der Waals surface area contributed by atoms with Crippen molar-refractivity contribution in [2.45, 2.75) is 57.8 Å². The zero-order valence-electron chi connectivity index (χ0n) is 14.7. The number of hydrogen-bond acceptors (Lipinski definition) is 4. The zero-order chi connectivity index (χ0) is 17.4. The van der Waals surface area contributed by atoms with Gasteiger partial charge in [-0.25, -0.2) is 4.79 Å². The van der Waals surface area contributed by atoms with Gasteiger partial charge < -0.3 is 9.47 Å². The van der Waals surface area contributed by atoms with E-state index >= 15 is 0 Å². The van der Waals surface area contributed by atoms with E-state index in [-0.39, 0.29) is 17.3 Å². The molecule has 0 aliphatic carbocycles. The maximum atomic E-state index is 12.3. The van der Waals surface area contributed by atoms with Crippen molar-refractivity contribution in [2.24, 2.45) is 0 Å². The van der Waals surface area contributed by atoms with Crippen LogP contribution in [0.4, 0.5) is 0 Å². The Balaban J connectivity index is 2.34. The third-order valence-corrected chi connectivity index (χ3v) is 6.16. The molecule has 2 atom stereocenters.